The summed E-state index contributed by atoms with van der Waals surface area (Å²) in [6, 6.07) is 18.0. The summed E-state index contributed by atoms with van der Waals surface area (Å²) < 4.78 is 34.0. The van der Waals surface area contributed by atoms with Crippen molar-refractivity contribution in [2.24, 2.45) is 0 Å². The number of amides is 2. The average molecular weight is 813 g/mol. The number of sulfonamides is 1. The number of anilines is 1. The summed E-state index contributed by atoms with van der Waals surface area (Å²) in [4.78, 5) is 40.1. The van der Waals surface area contributed by atoms with Gasteiger partial charge in [-0.25, -0.2) is 8.42 Å². The topological polar surface area (TPSA) is 156 Å². The van der Waals surface area contributed by atoms with Gasteiger partial charge in [0.05, 0.1) is 22.4 Å². The van der Waals surface area contributed by atoms with E-state index in [-0.39, 0.29) is 36.6 Å². The fraction of sp³-hybridized carbons (Fsp3) is 0.409. The highest BCUT2D eigenvalue weighted by atomic mass is 32.2. The van der Waals surface area contributed by atoms with Gasteiger partial charge >= 0.3 is 0 Å². The lowest BCUT2D eigenvalue weighted by Gasteiger charge is -2.35. The number of ether oxygens (including phenoxy) is 1. The Bertz CT molecular complexity index is 2210. The lowest BCUT2D eigenvalue weighted by atomic mass is 9.87. The van der Waals surface area contributed by atoms with Gasteiger partial charge in [-0.2, -0.15) is 4.31 Å². The van der Waals surface area contributed by atoms with Crippen LogP contribution in [0.25, 0.3) is 22.2 Å². The van der Waals surface area contributed by atoms with Crippen molar-refractivity contribution < 1.29 is 27.7 Å². The monoisotopic (exact) mass is 812 g/mol. The molecule has 0 radical (unpaired) electrons. The first kappa shape index (κ1) is 43.6. The molecule has 14 heteroatoms. The highest BCUT2D eigenvalue weighted by Crippen LogP contribution is 2.42. The van der Waals surface area contributed by atoms with Gasteiger partial charge in [-0.15, -0.1) is 13.2 Å². The molecule has 0 spiro atoms. The number of fused-ring (bicyclic) bond motifs is 1. The number of unbranched alkanes of at least 4 members (excludes halogenated alkanes) is 1. The third-order valence-electron chi connectivity index (χ3n) is 10.6. The second kappa shape index (κ2) is 20.3. The Labute approximate surface area is 341 Å². The number of nitro groups is 1. The molecular formula is C44H56N6O7S. The first-order valence-corrected chi connectivity index (χ1v) is 21.9. The van der Waals surface area contributed by atoms with Crippen molar-refractivity contribution in [3.63, 3.8) is 0 Å². The van der Waals surface area contributed by atoms with Gasteiger partial charge in [-0.05, 0) is 85.2 Å². The van der Waals surface area contributed by atoms with Crippen molar-refractivity contribution in [1.29, 1.82) is 0 Å². The molecule has 1 atom stereocenters. The van der Waals surface area contributed by atoms with E-state index in [0.717, 1.165) is 59.1 Å². The lowest BCUT2D eigenvalue weighted by molar-refractivity contribution is -0.384. The Morgan fingerprint density at radius 1 is 0.948 bits per heavy atom. The molecule has 1 saturated heterocycles. The molecule has 58 heavy (non-hydrogen) atoms. The Kier molecular flexibility index (Phi) is 15.3. The molecule has 1 aliphatic rings. The lowest BCUT2D eigenvalue weighted by Crippen LogP contribution is -2.48. The molecule has 0 saturated carbocycles. The Balaban J connectivity index is 1.53. The second-order valence-corrected chi connectivity index (χ2v) is 16.6. The summed E-state index contributed by atoms with van der Waals surface area (Å²) in [6.07, 6.45) is 9.93. The molecule has 2 amide bonds. The molecule has 13 nitrogen and oxygen atoms in total. The van der Waals surface area contributed by atoms with Crippen LogP contribution in [0.2, 0.25) is 0 Å². The molecule has 0 bridgehead atoms. The minimum atomic E-state index is -3.33. The van der Waals surface area contributed by atoms with Gasteiger partial charge in [0.2, 0.25) is 15.9 Å². The standard InChI is InChI=1S/C44H56N6O7S/c1-6-10-13-32(9-4)42-38-20-16-34(44(52)46-23-12-8-3)29-40(38)49(30-41(51)45-22-11-7-2)43(42)33-14-18-37(19-15-33)57-31-35-28-36(50(53)54)17-21-39(35)47-24-26-48(27-25-47)58(5,55)56/h7-8,14-21,28-29,32H,2-3,6,9-13,22-27,30-31H2,1,4-5H3,(H,45,51)(H,46,52). The van der Waals surface area contributed by atoms with Crippen LogP contribution in [0.3, 0.4) is 0 Å². The maximum absolute atomic E-state index is 13.5. The summed E-state index contributed by atoms with van der Waals surface area (Å²) in [5, 5.41) is 18.7. The molecule has 0 aliphatic carbocycles. The van der Waals surface area contributed by atoms with Crippen LogP contribution < -0.4 is 20.3 Å². The normalized spacial score (nSPS) is 13.9. The quantitative estimate of drug-likeness (QED) is 0.0378. The molecule has 1 fully saturated rings. The number of piperazine rings is 1. The van der Waals surface area contributed by atoms with Crippen molar-refractivity contribution in [1.82, 2.24) is 19.5 Å². The van der Waals surface area contributed by atoms with E-state index in [1.807, 2.05) is 51.9 Å². The summed E-state index contributed by atoms with van der Waals surface area (Å²) in [5.74, 6) is 0.389. The predicted molar refractivity (Wildman–Crippen MR) is 231 cm³/mol. The maximum atomic E-state index is 13.5. The van der Waals surface area contributed by atoms with Gasteiger partial charge in [0.1, 0.15) is 18.9 Å². The molecule has 2 N–H and O–H groups in total. The molecule has 5 rings (SSSR count). The minimum Gasteiger partial charge on any atom is -0.489 e. The fourth-order valence-corrected chi connectivity index (χ4v) is 8.38. The Hall–Kier alpha value is -5.47. The Morgan fingerprint density at radius 3 is 2.26 bits per heavy atom. The van der Waals surface area contributed by atoms with E-state index in [9.17, 15) is 28.1 Å². The van der Waals surface area contributed by atoms with Gasteiger partial charge in [0, 0.05) is 73.6 Å². The van der Waals surface area contributed by atoms with Crippen LogP contribution in [0.15, 0.2) is 86.0 Å². The van der Waals surface area contributed by atoms with E-state index in [1.165, 1.54) is 22.7 Å². The number of nitro benzene ring substituents is 1. The number of rotatable bonds is 21. The molecule has 1 unspecified atom stereocenters. The minimum absolute atomic E-state index is 0.0426. The second-order valence-electron chi connectivity index (χ2n) is 14.6. The van der Waals surface area contributed by atoms with Crippen LogP contribution in [0.1, 0.15) is 79.8 Å². The third-order valence-corrected chi connectivity index (χ3v) is 11.9. The zero-order valence-electron chi connectivity index (χ0n) is 33.9. The van der Waals surface area contributed by atoms with Crippen molar-refractivity contribution in [2.45, 2.75) is 71.4 Å². The first-order valence-electron chi connectivity index (χ1n) is 20.0. The van der Waals surface area contributed by atoms with Crippen LogP contribution in [-0.2, 0) is 28.0 Å². The number of nitrogens with zero attached hydrogens (tertiary/aromatic N) is 4. The van der Waals surface area contributed by atoms with Crippen LogP contribution in [0.4, 0.5) is 11.4 Å². The Morgan fingerprint density at radius 2 is 1.64 bits per heavy atom. The molecule has 3 aromatic carbocycles. The summed E-state index contributed by atoms with van der Waals surface area (Å²) in [7, 11) is -3.33. The number of carbonyl (C=O) groups is 2. The fourth-order valence-electron chi connectivity index (χ4n) is 7.55. The molecule has 1 aromatic heterocycles. The van der Waals surface area contributed by atoms with Crippen LogP contribution in [0.5, 0.6) is 5.75 Å². The average Bonchev–Trinajstić information content (AvgIpc) is 3.52. The molecule has 1 aliphatic heterocycles. The number of benzene rings is 3. The van der Waals surface area contributed by atoms with E-state index >= 15 is 0 Å². The number of nitrogens with one attached hydrogen (secondary N) is 2. The SMILES string of the molecule is C=CCCNC(=O)Cn1c(-c2ccc(OCc3cc([N+](=O)[O-])ccc3N3CCN(S(C)(=O)=O)CC3)cc2)c(C(CC)CCCC)c2ccc(C(=O)NCCC=C)cc21. The maximum Gasteiger partial charge on any atom is 0.269 e. The van der Waals surface area contributed by atoms with Gasteiger partial charge in [0.15, 0.2) is 0 Å². The van der Waals surface area contributed by atoms with E-state index in [2.05, 4.69) is 37.6 Å². The van der Waals surface area contributed by atoms with Crippen LogP contribution >= 0.6 is 0 Å². The zero-order chi connectivity index (χ0) is 41.8. The molecular weight excluding hydrogens is 757 g/mol. The molecule has 310 valence electrons. The van der Waals surface area contributed by atoms with Gasteiger partial charge in [-0.3, -0.25) is 19.7 Å². The number of hydrogen-bond donors (Lipinski definition) is 2. The number of carbonyl (C=O) groups excluding carboxylic acids is 2. The van der Waals surface area contributed by atoms with Crippen LogP contribution in [-0.4, -0.2) is 79.6 Å². The highest BCUT2D eigenvalue weighted by Gasteiger charge is 2.28. The van der Waals surface area contributed by atoms with Crippen molar-refractivity contribution in [2.75, 3.05) is 50.4 Å². The van der Waals surface area contributed by atoms with E-state index < -0.39 is 14.9 Å². The summed E-state index contributed by atoms with van der Waals surface area (Å²) >= 11 is 0. The molecule has 4 aromatic rings. The molecule has 2 heterocycles. The predicted octanol–water partition coefficient (Wildman–Crippen LogP) is 7.56. The van der Waals surface area contributed by atoms with Crippen molar-refractivity contribution in [3.05, 3.63) is 113 Å². The first-order chi connectivity index (χ1) is 27.9. The smallest absolute Gasteiger partial charge is 0.269 e. The van der Waals surface area contributed by atoms with E-state index in [4.69, 9.17) is 4.74 Å². The summed E-state index contributed by atoms with van der Waals surface area (Å²) in [5.41, 5.74) is 5.52. The summed E-state index contributed by atoms with van der Waals surface area (Å²) in [6.45, 7) is 14.4. The zero-order valence-corrected chi connectivity index (χ0v) is 34.7. The van der Waals surface area contributed by atoms with Crippen molar-refractivity contribution >= 4 is 44.1 Å². The van der Waals surface area contributed by atoms with Gasteiger partial charge in [0.25, 0.3) is 11.6 Å². The van der Waals surface area contributed by atoms with E-state index in [1.54, 1.807) is 18.2 Å². The van der Waals surface area contributed by atoms with Gasteiger partial charge < -0.3 is 24.8 Å². The van der Waals surface area contributed by atoms with E-state index in [0.29, 0.717) is 69.0 Å². The highest BCUT2D eigenvalue weighted by molar-refractivity contribution is 7.88. The number of non-ortho nitro benzene ring substituents is 1. The van der Waals surface area contributed by atoms with Crippen molar-refractivity contribution in [3.8, 4) is 17.0 Å². The largest absolute Gasteiger partial charge is 0.489 e. The van der Waals surface area contributed by atoms with Gasteiger partial charge in [-0.1, -0.05) is 44.9 Å². The number of hydrogen-bond acceptors (Lipinski definition) is 8. The third kappa shape index (κ3) is 10.7. The number of aromatic nitrogens is 1. The van der Waals surface area contributed by atoms with Crippen LogP contribution in [0, 0.1) is 10.1 Å².